The largest absolute Gasteiger partial charge is 0.494 e. The smallest absolute Gasteiger partial charge is 0.129 e. The first-order chi connectivity index (χ1) is 13.0. The maximum absolute atomic E-state index is 5.95. The van der Waals surface area contributed by atoms with Crippen molar-refractivity contribution in [1.29, 1.82) is 0 Å². The first-order valence-electron chi connectivity index (χ1n) is 9.70. The van der Waals surface area contributed by atoms with Crippen LogP contribution in [0.25, 0.3) is 11.1 Å². The predicted molar refractivity (Wildman–Crippen MR) is 110 cm³/mol. The molecule has 0 unspecified atom stereocenters. The summed E-state index contributed by atoms with van der Waals surface area (Å²) in [5.74, 6) is 0.862. The van der Waals surface area contributed by atoms with E-state index in [1.165, 1.54) is 11.1 Å². The van der Waals surface area contributed by atoms with Crippen LogP contribution < -0.4 is 4.74 Å². The van der Waals surface area contributed by atoms with Crippen LogP contribution in [-0.2, 0) is 9.57 Å². The van der Waals surface area contributed by atoms with Gasteiger partial charge in [-0.05, 0) is 69.9 Å². The first kappa shape index (κ1) is 19.4. The molecule has 0 atom stereocenters. The Morgan fingerprint density at radius 3 is 2.30 bits per heavy atom. The van der Waals surface area contributed by atoms with E-state index in [0.717, 1.165) is 48.6 Å². The molecule has 27 heavy (non-hydrogen) atoms. The summed E-state index contributed by atoms with van der Waals surface area (Å²) in [4.78, 5) is 5.74. The fraction of sp³-hybridized carbons (Fsp3) is 0.435. The average Bonchev–Trinajstić information content (AvgIpc) is 2.95. The van der Waals surface area contributed by atoms with Crippen molar-refractivity contribution in [3.05, 3.63) is 53.6 Å². The van der Waals surface area contributed by atoms with E-state index >= 15 is 0 Å². The number of hydrogen-bond donors (Lipinski definition) is 0. The number of benzene rings is 2. The lowest BCUT2D eigenvalue weighted by atomic mass is 10.1. The third-order valence-electron chi connectivity index (χ3n) is 4.29. The Labute approximate surface area is 162 Å². The molecule has 4 nitrogen and oxygen atoms in total. The highest BCUT2D eigenvalue weighted by Crippen LogP contribution is 2.39. The minimum Gasteiger partial charge on any atom is -0.494 e. The molecule has 0 N–H and O–H groups in total. The Morgan fingerprint density at radius 1 is 0.852 bits per heavy atom. The molecule has 1 aliphatic carbocycles. The number of oxime groups is 1. The molecule has 2 aromatic rings. The molecule has 0 bridgehead atoms. The monoisotopic (exact) mass is 367 g/mol. The van der Waals surface area contributed by atoms with Gasteiger partial charge in [-0.2, -0.15) is 0 Å². The molecule has 0 amide bonds. The molecule has 0 aliphatic heterocycles. The molecule has 0 radical (unpaired) electrons. The van der Waals surface area contributed by atoms with Crippen LogP contribution in [0.15, 0.2) is 47.6 Å². The molecule has 0 saturated heterocycles. The van der Waals surface area contributed by atoms with E-state index in [-0.39, 0.29) is 5.60 Å². The number of nitrogens with zero attached hydrogens (tertiary/aromatic N) is 1. The zero-order valence-corrected chi connectivity index (χ0v) is 16.7. The van der Waals surface area contributed by atoms with Crippen LogP contribution in [0, 0.1) is 0 Å². The highest BCUT2D eigenvalue weighted by molar-refractivity contribution is 6.24. The fourth-order valence-electron chi connectivity index (χ4n) is 3.03. The quantitative estimate of drug-likeness (QED) is 0.394. The molecule has 0 heterocycles. The summed E-state index contributed by atoms with van der Waals surface area (Å²) in [7, 11) is 0. The Kier molecular flexibility index (Phi) is 6.17. The van der Waals surface area contributed by atoms with Gasteiger partial charge in [0.05, 0.1) is 6.61 Å². The highest BCUT2D eigenvalue weighted by Gasteiger charge is 2.26. The molecule has 3 rings (SSSR count). The normalized spacial score (nSPS) is 14.1. The summed E-state index contributed by atoms with van der Waals surface area (Å²) in [6.07, 6.45) is 1.99. The second-order valence-electron chi connectivity index (χ2n) is 7.65. The third kappa shape index (κ3) is 4.89. The molecular weight excluding hydrogens is 338 g/mol. The van der Waals surface area contributed by atoms with Gasteiger partial charge in [0, 0.05) is 24.3 Å². The van der Waals surface area contributed by atoms with Crippen molar-refractivity contribution in [3.8, 4) is 16.9 Å². The van der Waals surface area contributed by atoms with E-state index in [9.17, 15) is 0 Å². The number of rotatable bonds is 8. The predicted octanol–water partition coefficient (Wildman–Crippen LogP) is 5.43. The molecule has 0 fully saturated rings. The lowest BCUT2D eigenvalue weighted by Crippen LogP contribution is -2.17. The summed E-state index contributed by atoms with van der Waals surface area (Å²) in [5.41, 5.74) is 5.06. The van der Waals surface area contributed by atoms with Gasteiger partial charge in [-0.25, -0.2) is 0 Å². The fourth-order valence-corrected chi connectivity index (χ4v) is 3.03. The molecule has 0 saturated carbocycles. The summed E-state index contributed by atoms with van der Waals surface area (Å²) in [6, 6.07) is 14.5. The molecule has 0 spiro atoms. The van der Waals surface area contributed by atoms with Crippen molar-refractivity contribution in [1.82, 2.24) is 0 Å². The Morgan fingerprint density at radius 2 is 1.56 bits per heavy atom. The van der Waals surface area contributed by atoms with Gasteiger partial charge in [-0.1, -0.05) is 29.4 Å². The lowest BCUT2D eigenvalue weighted by Gasteiger charge is -2.16. The Hall–Kier alpha value is -2.33. The van der Waals surface area contributed by atoms with Gasteiger partial charge < -0.3 is 14.3 Å². The molecule has 4 heteroatoms. The average molecular weight is 367 g/mol. The van der Waals surface area contributed by atoms with Crippen LogP contribution in [0.2, 0.25) is 0 Å². The van der Waals surface area contributed by atoms with Crippen molar-refractivity contribution in [2.45, 2.75) is 46.1 Å². The van der Waals surface area contributed by atoms with E-state index in [2.05, 4.69) is 35.5 Å². The summed E-state index contributed by atoms with van der Waals surface area (Å²) in [5, 5.41) is 4.49. The maximum Gasteiger partial charge on any atom is 0.129 e. The lowest BCUT2D eigenvalue weighted by molar-refractivity contribution is 0.00121. The van der Waals surface area contributed by atoms with Crippen LogP contribution in [-0.4, -0.2) is 31.1 Å². The Balaban J connectivity index is 1.78. The zero-order valence-electron chi connectivity index (χ0n) is 16.7. The number of hydrogen-bond acceptors (Lipinski definition) is 4. The van der Waals surface area contributed by atoms with Crippen molar-refractivity contribution >= 4 is 5.71 Å². The number of ether oxygens (including phenoxy) is 2. The number of fused-ring (bicyclic) bond motifs is 3. The second kappa shape index (κ2) is 8.57. The van der Waals surface area contributed by atoms with E-state index in [1.807, 2.05) is 39.8 Å². The van der Waals surface area contributed by atoms with Crippen molar-refractivity contribution in [3.63, 3.8) is 0 Å². The summed E-state index contributed by atoms with van der Waals surface area (Å²) >= 11 is 0. The summed E-state index contributed by atoms with van der Waals surface area (Å²) < 4.78 is 11.3. The van der Waals surface area contributed by atoms with Crippen molar-refractivity contribution in [2.24, 2.45) is 5.16 Å². The zero-order chi connectivity index (χ0) is 19.3. The van der Waals surface area contributed by atoms with E-state index < -0.39 is 0 Å². The van der Waals surface area contributed by atoms with Gasteiger partial charge in [0.2, 0.25) is 0 Å². The van der Waals surface area contributed by atoms with Gasteiger partial charge in [0.15, 0.2) is 0 Å². The van der Waals surface area contributed by atoms with Gasteiger partial charge in [-0.3, -0.25) is 0 Å². The van der Waals surface area contributed by atoms with Gasteiger partial charge in [-0.15, -0.1) is 0 Å². The molecule has 1 aliphatic rings. The summed E-state index contributed by atoms with van der Waals surface area (Å²) in [6.45, 7) is 10.3. The standard InChI is InChI=1S/C23H29NO3/c1-5-25-14-8-9-15-26-17-12-13-19-18-10-6-7-11-20(18)22(21(19)16-17)24-27-23(2,3)4/h6-7,10-13,16H,5,8-9,14-15H2,1-4H3/b24-22-. The van der Waals surface area contributed by atoms with Crippen LogP contribution in [0.1, 0.15) is 51.7 Å². The molecule has 2 aromatic carbocycles. The van der Waals surface area contributed by atoms with Gasteiger partial charge in [0.1, 0.15) is 17.1 Å². The SMILES string of the molecule is CCOCCCCOc1ccc2c(c1)/C(=N\OC(C)(C)C)c1ccccc1-2. The van der Waals surface area contributed by atoms with Crippen LogP contribution >= 0.6 is 0 Å². The minimum absolute atomic E-state index is 0.334. The van der Waals surface area contributed by atoms with Crippen molar-refractivity contribution < 1.29 is 14.3 Å². The van der Waals surface area contributed by atoms with Crippen LogP contribution in [0.3, 0.4) is 0 Å². The van der Waals surface area contributed by atoms with E-state index in [1.54, 1.807) is 0 Å². The first-order valence-corrected chi connectivity index (χ1v) is 9.70. The molecular formula is C23H29NO3. The third-order valence-corrected chi connectivity index (χ3v) is 4.29. The van der Waals surface area contributed by atoms with Crippen LogP contribution in [0.4, 0.5) is 0 Å². The highest BCUT2D eigenvalue weighted by atomic mass is 16.6. The van der Waals surface area contributed by atoms with E-state index in [0.29, 0.717) is 6.61 Å². The topological polar surface area (TPSA) is 40.0 Å². The van der Waals surface area contributed by atoms with Crippen molar-refractivity contribution in [2.75, 3.05) is 19.8 Å². The molecule has 144 valence electrons. The Bertz CT molecular complexity index is 806. The van der Waals surface area contributed by atoms with Gasteiger partial charge in [0.25, 0.3) is 0 Å². The second-order valence-corrected chi connectivity index (χ2v) is 7.65. The minimum atomic E-state index is -0.334. The van der Waals surface area contributed by atoms with E-state index in [4.69, 9.17) is 14.3 Å². The van der Waals surface area contributed by atoms with Crippen LogP contribution in [0.5, 0.6) is 5.75 Å². The van der Waals surface area contributed by atoms with Gasteiger partial charge >= 0.3 is 0 Å². The maximum atomic E-state index is 5.95. The number of unbranched alkanes of at least 4 members (excludes halogenated alkanes) is 1. The molecule has 0 aromatic heterocycles.